The standard InChI is InChI=1S/C33H38N3O2S6/c1-5-41-19-20-42-18-16-35-27-21-26(40-4)11-12-28(27)38-30(35)14-13-29-33(37)36(25-9-7-6-8-10-25)32(44-29)22-31-34(15-17-39-3)24(2)23-43-31/h6-14,21-23H,5,15-20H2,1-4H3/q+1/b29-13-,30-14+. The number of ether oxygens (including phenoxy) is 1. The normalized spacial score (nSPS) is 14.5. The first-order valence-electron chi connectivity index (χ1n) is 14.5. The van der Waals surface area contributed by atoms with Gasteiger partial charge in [-0.3, -0.25) is 9.36 Å². The molecule has 0 amide bonds. The highest BCUT2D eigenvalue weighted by Crippen LogP contribution is 2.41. The molecule has 0 unspecified atom stereocenters. The average molecular weight is 701 g/mol. The summed E-state index contributed by atoms with van der Waals surface area (Å²) in [5, 5.41) is 3.34. The fourth-order valence-corrected chi connectivity index (χ4v) is 9.37. The van der Waals surface area contributed by atoms with Crippen LogP contribution < -0.4 is 29.0 Å². The summed E-state index contributed by atoms with van der Waals surface area (Å²) in [4.78, 5) is 17.4. The van der Waals surface area contributed by atoms with Gasteiger partial charge in [-0.2, -0.15) is 39.9 Å². The van der Waals surface area contributed by atoms with Crippen molar-refractivity contribution in [1.29, 1.82) is 0 Å². The van der Waals surface area contributed by atoms with Crippen molar-refractivity contribution in [3.05, 3.63) is 96.1 Å². The van der Waals surface area contributed by atoms with Gasteiger partial charge in [-0.1, -0.05) is 36.5 Å². The third kappa shape index (κ3) is 8.03. The van der Waals surface area contributed by atoms with Gasteiger partial charge in [-0.05, 0) is 54.7 Å². The van der Waals surface area contributed by atoms with Crippen LogP contribution in [-0.4, -0.2) is 52.4 Å². The quantitative estimate of drug-likeness (QED) is 0.0848. The summed E-state index contributed by atoms with van der Waals surface area (Å²) in [6, 6.07) is 16.3. The number of aryl methyl sites for hydroxylation is 1. The number of hydrogen-bond donors (Lipinski definition) is 0. The second-order valence-electron chi connectivity index (χ2n) is 9.85. The Morgan fingerprint density at radius 3 is 2.59 bits per heavy atom. The Hall–Kier alpha value is -2.02. The van der Waals surface area contributed by atoms with Crippen LogP contribution in [0.2, 0.25) is 0 Å². The van der Waals surface area contributed by atoms with E-state index in [0.717, 1.165) is 68.8 Å². The van der Waals surface area contributed by atoms with E-state index in [4.69, 9.17) is 4.74 Å². The molecular formula is C33H38N3O2S6+. The molecule has 0 aliphatic carbocycles. The predicted molar refractivity (Wildman–Crippen MR) is 199 cm³/mol. The van der Waals surface area contributed by atoms with Gasteiger partial charge in [0.05, 0.1) is 33.1 Å². The first-order chi connectivity index (χ1) is 21.5. The monoisotopic (exact) mass is 700 g/mol. The van der Waals surface area contributed by atoms with Crippen molar-refractivity contribution in [2.75, 3.05) is 52.7 Å². The number of thiazole rings is 2. The van der Waals surface area contributed by atoms with E-state index in [1.807, 2.05) is 82.3 Å². The van der Waals surface area contributed by atoms with Crippen molar-refractivity contribution < 1.29 is 9.30 Å². The highest BCUT2D eigenvalue weighted by atomic mass is 32.2. The maximum Gasteiger partial charge on any atom is 0.273 e. The van der Waals surface area contributed by atoms with Crippen molar-refractivity contribution in [3.8, 4) is 11.4 Å². The SMILES string of the molecule is CCSCCSCCN1/C(=C\C=c2/sc(=Cc3scc(C)[n+]3CCSC)n(-c3ccccc3)c2=O)Oc2ccc(SC)cc21. The smallest absolute Gasteiger partial charge is 0.273 e. The predicted octanol–water partition coefficient (Wildman–Crippen LogP) is 6.48. The van der Waals surface area contributed by atoms with Crippen molar-refractivity contribution in [3.63, 3.8) is 0 Å². The van der Waals surface area contributed by atoms with Crippen LogP contribution >= 0.6 is 69.7 Å². The van der Waals surface area contributed by atoms with Crippen LogP contribution in [0.5, 0.6) is 5.75 Å². The maximum absolute atomic E-state index is 14.0. The Balaban J connectivity index is 1.54. The van der Waals surface area contributed by atoms with Gasteiger partial charge in [0.25, 0.3) is 10.6 Å². The lowest BCUT2D eigenvalue weighted by atomic mass is 10.3. The van der Waals surface area contributed by atoms with Crippen molar-refractivity contribution in [2.24, 2.45) is 0 Å². The minimum Gasteiger partial charge on any atom is -0.439 e. The fraction of sp³-hybridized carbons (Fsp3) is 0.333. The summed E-state index contributed by atoms with van der Waals surface area (Å²) < 4.78 is 12.1. The maximum atomic E-state index is 14.0. The van der Waals surface area contributed by atoms with E-state index in [2.05, 4.69) is 65.5 Å². The van der Waals surface area contributed by atoms with Gasteiger partial charge in [0.2, 0.25) is 5.88 Å². The van der Waals surface area contributed by atoms with Gasteiger partial charge in [0.1, 0.15) is 4.66 Å². The molecule has 0 spiro atoms. The summed E-state index contributed by atoms with van der Waals surface area (Å²) >= 11 is 10.8. The molecule has 232 valence electrons. The summed E-state index contributed by atoms with van der Waals surface area (Å²) in [5.41, 5.74) is 3.17. The topological polar surface area (TPSA) is 38.4 Å². The van der Waals surface area contributed by atoms with Crippen molar-refractivity contribution >= 4 is 87.6 Å². The van der Waals surface area contributed by atoms with Crippen molar-refractivity contribution in [2.45, 2.75) is 25.3 Å². The van der Waals surface area contributed by atoms with Crippen LogP contribution in [0.25, 0.3) is 17.8 Å². The second-order valence-corrected chi connectivity index (χ2v) is 16.3. The zero-order valence-electron chi connectivity index (χ0n) is 25.5. The Morgan fingerprint density at radius 1 is 1.00 bits per heavy atom. The molecule has 0 radical (unpaired) electrons. The van der Waals surface area contributed by atoms with Gasteiger partial charge in [-0.25, -0.2) is 0 Å². The lowest BCUT2D eigenvalue weighted by Crippen LogP contribution is -2.39. The molecule has 0 N–H and O–H groups in total. The Labute approximate surface area is 285 Å². The molecule has 0 bridgehead atoms. The van der Waals surface area contributed by atoms with Crippen molar-refractivity contribution in [1.82, 2.24) is 4.57 Å². The minimum atomic E-state index is -0.0241. The number of rotatable bonds is 14. The molecule has 0 fully saturated rings. The average Bonchev–Trinajstić information content (AvgIpc) is 3.68. The van der Waals surface area contributed by atoms with Gasteiger partial charge < -0.3 is 9.64 Å². The number of para-hydroxylation sites is 1. The van der Waals surface area contributed by atoms with E-state index in [9.17, 15) is 4.79 Å². The lowest BCUT2D eigenvalue weighted by molar-refractivity contribution is -0.695. The van der Waals surface area contributed by atoms with Gasteiger partial charge in [-0.15, -0.1) is 23.1 Å². The Kier molecular flexibility index (Phi) is 12.5. The summed E-state index contributed by atoms with van der Waals surface area (Å²) in [6.07, 6.45) is 10.3. The lowest BCUT2D eigenvalue weighted by Gasteiger charge is -2.18. The summed E-state index contributed by atoms with van der Waals surface area (Å²) in [5.74, 6) is 7.14. The molecule has 1 aliphatic heterocycles. The molecule has 4 aromatic rings. The number of benzene rings is 2. The fourth-order valence-electron chi connectivity index (χ4n) is 4.80. The largest absolute Gasteiger partial charge is 0.439 e. The number of aromatic nitrogens is 2. The van der Waals surface area contributed by atoms with E-state index < -0.39 is 0 Å². The van der Waals surface area contributed by atoms with E-state index >= 15 is 0 Å². The molecule has 5 rings (SSSR count). The molecule has 2 aromatic carbocycles. The zero-order chi connectivity index (χ0) is 30.9. The molecule has 0 saturated carbocycles. The van der Waals surface area contributed by atoms with Crippen LogP contribution in [0, 0.1) is 6.92 Å². The van der Waals surface area contributed by atoms with E-state index in [-0.39, 0.29) is 5.56 Å². The zero-order valence-corrected chi connectivity index (χ0v) is 30.4. The molecule has 1 aliphatic rings. The minimum absolute atomic E-state index is 0.0241. The number of anilines is 1. The first kappa shape index (κ1) is 33.3. The Morgan fingerprint density at radius 2 is 1.82 bits per heavy atom. The van der Waals surface area contributed by atoms with E-state index in [0.29, 0.717) is 4.53 Å². The van der Waals surface area contributed by atoms with Gasteiger partial charge in [0.15, 0.2) is 18.0 Å². The molecule has 44 heavy (non-hydrogen) atoms. The third-order valence-electron chi connectivity index (χ3n) is 7.02. The summed E-state index contributed by atoms with van der Waals surface area (Å²) in [7, 11) is 0. The first-order valence-corrected chi connectivity index (χ1v) is 21.1. The molecule has 3 heterocycles. The highest BCUT2D eigenvalue weighted by Gasteiger charge is 2.26. The molecule has 0 saturated heterocycles. The molecule has 0 atom stereocenters. The Bertz CT molecular complexity index is 1760. The van der Waals surface area contributed by atoms with Crippen LogP contribution in [0.4, 0.5) is 5.69 Å². The number of hydrogen-bond acceptors (Lipinski definition) is 9. The second kappa shape index (κ2) is 16.5. The number of allylic oxidation sites excluding steroid dienone is 1. The summed E-state index contributed by atoms with van der Waals surface area (Å²) in [6.45, 7) is 6.14. The third-order valence-corrected chi connectivity index (χ3v) is 12.5. The number of nitrogens with zero attached hydrogens (tertiary/aromatic N) is 3. The molecule has 2 aromatic heterocycles. The van der Waals surface area contributed by atoms with Gasteiger partial charge in [0, 0.05) is 41.7 Å². The van der Waals surface area contributed by atoms with Crippen LogP contribution in [-0.2, 0) is 6.54 Å². The van der Waals surface area contributed by atoms with Crippen LogP contribution in [0.1, 0.15) is 17.6 Å². The van der Waals surface area contributed by atoms with Gasteiger partial charge >= 0.3 is 0 Å². The number of thioether (sulfide) groups is 4. The van der Waals surface area contributed by atoms with E-state index in [1.165, 1.54) is 27.7 Å². The molecule has 5 nitrogen and oxygen atoms in total. The van der Waals surface area contributed by atoms with Crippen LogP contribution in [0.3, 0.4) is 0 Å². The molecule has 11 heteroatoms. The van der Waals surface area contributed by atoms with Crippen LogP contribution in [0.15, 0.2) is 75.6 Å². The molecular weight excluding hydrogens is 663 g/mol. The highest BCUT2D eigenvalue weighted by molar-refractivity contribution is 8.02. The van der Waals surface area contributed by atoms with E-state index in [1.54, 1.807) is 23.1 Å². The number of fused-ring (bicyclic) bond motifs is 1.